The van der Waals surface area contributed by atoms with Crippen molar-refractivity contribution >= 4 is 15.9 Å². The van der Waals surface area contributed by atoms with Crippen molar-refractivity contribution in [2.75, 3.05) is 13.1 Å². The molecular formula is C12H15BrN4O. The molecule has 3 rings (SSSR count). The predicted molar refractivity (Wildman–Crippen MR) is 70.1 cm³/mol. The zero-order valence-corrected chi connectivity index (χ0v) is 11.8. The lowest BCUT2D eigenvalue weighted by atomic mass is 10.3. The van der Waals surface area contributed by atoms with E-state index in [2.05, 4.69) is 31.1 Å². The normalized spacial score (nSPS) is 20.7. The second kappa shape index (κ2) is 4.85. The summed E-state index contributed by atoms with van der Waals surface area (Å²) in [5.41, 5.74) is 0.941. The fourth-order valence-corrected chi connectivity index (χ4v) is 2.70. The Morgan fingerprint density at radius 1 is 1.56 bits per heavy atom. The lowest BCUT2D eigenvalue weighted by Gasteiger charge is -2.14. The number of likely N-dealkylation sites (tertiary alicyclic amines) is 1. The highest BCUT2D eigenvalue weighted by Crippen LogP contribution is 2.23. The largest absolute Gasteiger partial charge is 0.360 e. The zero-order valence-electron chi connectivity index (χ0n) is 10.2. The summed E-state index contributed by atoms with van der Waals surface area (Å²) >= 11 is 3.43. The minimum atomic E-state index is 0.459. The van der Waals surface area contributed by atoms with Gasteiger partial charge in [0.05, 0.1) is 29.0 Å². The molecule has 1 aliphatic heterocycles. The van der Waals surface area contributed by atoms with Crippen LogP contribution in [0.3, 0.4) is 0 Å². The first kappa shape index (κ1) is 11.9. The Balaban J connectivity index is 1.61. The molecule has 1 fully saturated rings. The van der Waals surface area contributed by atoms with Gasteiger partial charge in [-0.05, 0) is 29.3 Å². The highest BCUT2D eigenvalue weighted by Gasteiger charge is 2.25. The zero-order chi connectivity index (χ0) is 12.5. The molecule has 1 saturated heterocycles. The van der Waals surface area contributed by atoms with Crippen LogP contribution in [-0.2, 0) is 6.54 Å². The number of nitrogens with zero attached hydrogens (tertiary/aromatic N) is 4. The summed E-state index contributed by atoms with van der Waals surface area (Å²) in [6.07, 6.45) is 5.00. The van der Waals surface area contributed by atoms with Gasteiger partial charge in [-0.2, -0.15) is 5.10 Å². The van der Waals surface area contributed by atoms with Gasteiger partial charge in [-0.25, -0.2) is 0 Å². The first-order valence-electron chi connectivity index (χ1n) is 6.05. The molecule has 6 heteroatoms. The van der Waals surface area contributed by atoms with Crippen LogP contribution < -0.4 is 0 Å². The Morgan fingerprint density at radius 3 is 3.11 bits per heavy atom. The number of rotatable bonds is 3. The third kappa shape index (κ3) is 2.49. The molecule has 18 heavy (non-hydrogen) atoms. The Bertz CT molecular complexity index is 536. The van der Waals surface area contributed by atoms with Gasteiger partial charge in [0, 0.05) is 25.4 Å². The van der Waals surface area contributed by atoms with Gasteiger partial charge in [0.2, 0.25) is 0 Å². The maximum absolute atomic E-state index is 5.25. The van der Waals surface area contributed by atoms with Crippen molar-refractivity contribution in [1.82, 2.24) is 19.8 Å². The van der Waals surface area contributed by atoms with Crippen molar-refractivity contribution in [3.8, 4) is 0 Å². The summed E-state index contributed by atoms with van der Waals surface area (Å²) in [6, 6.07) is 2.46. The summed E-state index contributed by atoms with van der Waals surface area (Å²) in [4.78, 5) is 2.38. The van der Waals surface area contributed by atoms with Crippen LogP contribution in [0.1, 0.15) is 23.9 Å². The Labute approximate surface area is 114 Å². The van der Waals surface area contributed by atoms with Gasteiger partial charge in [0.1, 0.15) is 0 Å². The van der Waals surface area contributed by atoms with Crippen LogP contribution in [0.4, 0.5) is 0 Å². The van der Waals surface area contributed by atoms with E-state index in [-0.39, 0.29) is 0 Å². The van der Waals surface area contributed by atoms with E-state index in [1.807, 2.05) is 30.1 Å². The average Bonchev–Trinajstić information content (AvgIpc) is 3.01. The molecule has 96 valence electrons. The number of aromatic nitrogens is 3. The number of halogens is 1. The summed E-state index contributed by atoms with van der Waals surface area (Å²) < 4.78 is 8.32. The van der Waals surface area contributed by atoms with Crippen molar-refractivity contribution in [2.45, 2.75) is 25.9 Å². The molecule has 0 bridgehead atoms. The van der Waals surface area contributed by atoms with E-state index in [9.17, 15) is 0 Å². The highest BCUT2D eigenvalue weighted by atomic mass is 79.9. The molecular weight excluding hydrogens is 296 g/mol. The average molecular weight is 311 g/mol. The van der Waals surface area contributed by atoms with Crippen LogP contribution in [0.5, 0.6) is 0 Å². The third-order valence-corrected chi connectivity index (χ3v) is 3.66. The molecule has 0 aliphatic carbocycles. The number of hydrogen-bond acceptors (Lipinski definition) is 4. The van der Waals surface area contributed by atoms with Gasteiger partial charge in [0.25, 0.3) is 0 Å². The molecule has 0 saturated carbocycles. The molecule has 0 radical (unpaired) electrons. The first-order valence-corrected chi connectivity index (χ1v) is 6.84. The van der Waals surface area contributed by atoms with Crippen molar-refractivity contribution in [3.05, 3.63) is 34.4 Å². The molecule has 3 heterocycles. The van der Waals surface area contributed by atoms with E-state index in [0.29, 0.717) is 6.04 Å². The molecule has 2 aromatic rings. The van der Waals surface area contributed by atoms with Crippen molar-refractivity contribution in [3.63, 3.8) is 0 Å². The van der Waals surface area contributed by atoms with Gasteiger partial charge in [-0.3, -0.25) is 9.58 Å². The lowest BCUT2D eigenvalue weighted by Crippen LogP contribution is -2.21. The molecule has 1 atom stereocenters. The second-order valence-electron chi connectivity index (χ2n) is 4.75. The minimum Gasteiger partial charge on any atom is -0.360 e. The fourth-order valence-electron chi connectivity index (χ4n) is 2.40. The SMILES string of the molecule is Cc1cc(CN2CCC(n3cc(Br)cn3)C2)on1. The molecule has 0 aromatic carbocycles. The third-order valence-electron chi connectivity index (χ3n) is 3.25. The molecule has 1 unspecified atom stereocenters. The van der Waals surface area contributed by atoms with Crippen molar-refractivity contribution in [2.24, 2.45) is 0 Å². The van der Waals surface area contributed by atoms with E-state index in [1.165, 1.54) is 0 Å². The maximum atomic E-state index is 5.25. The summed E-state index contributed by atoms with van der Waals surface area (Å²) in [6.45, 7) is 4.86. The van der Waals surface area contributed by atoms with Gasteiger partial charge >= 0.3 is 0 Å². The Morgan fingerprint density at radius 2 is 2.44 bits per heavy atom. The van der Waals surface area contributed by atoms with E-state index < -0.39 is 0 Å². The quantitative estimate of drug-likeness (QED) is 0.873. The smallest absolute Gasteiger partial charge is 0.150 e. The van der Waals surface area contributed by atoms with E-state index >= 15 is 0 Å². The van der Waals surface area contributed by atoms with E-state index in [4.69, 9.17) is 4.52 Å². The molecule has 0 amide bonds. The molecule has 5 nitrogen and oxygen atoms in total. The van der Waals surface area contributed by atoms with Crippen molar-refractivity contribution in [1.29, 1.82) is 0 Å². The monoisotopic (exact) mass is 310 g/mol. The number of hydrogen-bond donors (Lipinski definition) is 0. The topological polar surface area (TPSA) is 47.1 Å². The predicted octanol–water partition coefficient (Wildman–Crippen LogP) is 2.39. The van der Waals surface area contributed by atoms with Crippen LogP contribution >= 0.6 is 15.9 Å². The number of aryl methyl sites for hydroxylation is 1. The van der Waals surface area contributed by atoms with Crippen LogP contribution in [0.25, 0.3) is 0 Å². The summed E-state index contributed by atoms with van der Waals surface area (Å²) in [5.74, 6) is 0.940. The standard InChI is InChI=1S/C12H15BrN4O/c1-9-4-12(18-15-9)8-16-3-2-11(7-16)17-6-10(13)5-14-17/h4-6,11H,2-3,7-8H2,1H3. The molecule has 0 spiro atoms. The summed E-state index contributed by atoms with van der Waals surface area (Å²) in [5, 5.41) is 8.26. The highest BCUT2D eigenvalue weighted by molar-refractivity contribution is 9.10. The van der Waals surface area contributed by atoms with Crippen LogP contribution in [0.15, 0.2) is 27.5 Å². The molecule has 0 N–H and O–H groups in total. The lowest BCUT2D eigenvalue weighted by molar-refractivity contribution is 0.263. The van der Waals surface area contributed by atoms with Crippen LogP contribution in [0.2, 0.25) is 0 Å². The minimum absolute atomic E-state index is 0.459. The maximum Gasteiger partial charge on any atom is 0.150 e. The van der Waals surface area contributed by atoms with E-state index in [0.717, 1.165) is 42.0 Å². The first-order chi connectivity index (χ1) is 8.70. The molecule has 1 aliphatic rings. The van der Waals surface area contributed by atoms with E-state index in [1.54, 1.807) is 0 Å². The van der Waals surface area contributed by atoms with Gasteiger partial charge in [0.15, 0.2) is 5.76 Å². The van der Waals surface area contributed by atoms with Gasteiger partial charge < -0.3 is 4.52 Å². The molecule has 2 aromatic heterocycles. The van der Waals surface area contributed by atoms with Crippen molar-refractivity contribution < 1.29 is 4.52 Å². The van der Waals surface area contributed by atoms with Gasteiger partial charge in [-0.1, -0.05) is 5.16 Å². The Hall–Kier alpha value is -1.14. The fraction of sp³-hybridized carbons (Fsp3) is 0.500. The summed E-state index contributed by atoms with van der Waals surface area (Å²) in [7, 11) is 0. The Kier molecular flexibility index (Phi) is 3.22. The van der Waals surface area contributed by atoms with Crippen LogP contribution in [0, 0.1) is 6.92 Å². The van der Waals surface area contributed by atoms with Crippen LogP contribution in [-0.4, -0.2) is 32.9 Å². The second-order valence-corrected chi connectivity index (χ2v) is 5.67. The van der Waals surface area contributed by atoms with Gasteiger partial charge in [-0.15, -0.1) is 0 Å².